The lowest BCUT2D eigenvalue weighted by molar-refractivity contribution is -0.175. The number of benzene rings is 1. The molecule has 1 saturated heterocycles. The number of amides is 2. The highest BCUT2D eigenvalue weighted by atomic mass is 16.7. The van der Waals surface area contributed by atoms with Crippen LogP contribution in [0.15, 0.2) is 36.7 Å². The molecule has 0 unspecified atom stereocenters. The SMILES string of the molecule is COCCn1cc([C@@H]2OCC[C@H]2C(=O)ON2C(=O)c3ccccc3C2=O)cn1. The minimum atomic E-state index is -0.679. The third kappa shape index (κ3) is 3.19. The number of carbonyl (C=O) groups is 3. The summed E-state index contributed by atoms with van der Waals surface area (Å²) >= 11 is 0. The maximum absolute atomic E-state index is 12.7. The molecule has 0 radical (unpaired) electrons. The molecule has 2 amide bonds. The molecule has 0 bridgehead atoms. The standard InChI is InChI=1S/C19H19N3O6/c1-26-9-7-21-11-12(10-20-21)16-15(6-8-27-16)19(25)28-22-17(23)13-4-2-3-5-14(13)18(22)24/h2-5,10-11,15-16H,6-9H2,1H3/t15-,16+/m1/s1. The van der Waals surface area contributed by atoms with Gasteiger partial charge in [-0.2, -0.15) is 5.10 Å². The first-order valence-corrected chi connectivity index (χ1v) is 8.92. The molecule has 1 aromatic carbocycles. The van der Waals surface area contributed by atoms with Gasteiger partial charge in [0.15, 0.2) is 0 Å². The fraction of sp³-hybridized carbons (Fsp3) is 0.368. The molecule has 0 saturated carbocycles. The summed E-state index contributed by atoms with van der Waals surface area (Å²) in [6.07, 6.45) is 3.31. The number of ether oxygens (including phenoxy) is 2. The maximum atomic E-state index is 12.7. The van der Waals surface area contributed by atoms with Crippen molar-refractivity contribution in [3.8, 4) is 0 Å². The minimum Gasteiger partial charge on any atom is -0.383 e. The Morgan fingerprint density at radius 3 is 2.64 bits per heavy atom. The van der Waals surface area contributed by atoms with E-state index < -0.39 is 29.8 Å². The Kier molecular flexibility index (Phi) is 4.93. The van der Waals surface area contributed by atoms with E-state index in [2.05, 4.69) is 5.10 Å². The van der Waals surface area contributed by atoms with Gasteiger partial charge in [-0.15, -0.1) is 0 Å². The molecule has 0 spiro atoms. The summed E-state index contributed by atoms with van der Waals surface area (Å²) in [5.41, 5.74) is 1.18. The van der Waals surface area contributed by atoms with Gasteiger partial charge in [-0.3, -0.25) is 14.3 Å². The van der Waals surface area contributed by atoms with E-state index in [0.717, 1.165) is 5.56 Å². The lowest BCUT2D eigenvalue weighted by atomic mass is 9.98. The van der Waals surface area contributed by atoms with Gasteiger partial charge < -0.3 is 14.3 Å². The summed E-state index contributed by atoms with van der Waals surface area (Å²) in [5.74, 6) is -2.60. The molecule has 28 heavy (non-hydrogen) atoms. The monoisotopic (exact) mass is 385 g/mol. The smallest absolute Gasteiger partial charge is 0.339 e. The normalized spacial score (nSPS) is 21.2. The Hall–Kier alpha value is -3.04. The molecule has 3 heterocycles. The van der Waals surface area contributed by atoms with E-state index in [1.165, 1.54) is 12.1 Å². The van der Waals surface area contributed by atoms with Gasteiger partial charge in [0, 0.05) is 25.5 Å². The van der Waals surface area contributed by atoms with Crippen LogP contribution in [-0.4, -0.2) is 53.0 Å². The zero-order chi connectivity index (χ0) is 19.7. The first kappa shape index (κ1) is 18.3. The van der Waals surface area contributed by atoms with Crippen LogP contribution in [0.1, 0.15) is 38.8 Å². The van der Waals surface area contributed by atoms with E-state index in [4.69, 9.17) is 14.3 Å². The highest BCUT2D eigenvalue weighted by Gasteiger charge is 2.43. The fourth-order valence-corrected chi connectivity index (χ4v) is 3.40. The van der Waals surface area contributed by atoms with Crippen LogP contribution in [0.25, 0.3) is 0 Å². The van der Waals surface area contributed by atoms with Crippen molar-refractivity contribution in [1.82, 2.24) is 14.8 Å². The predicted molar refractivity (Wildman–Crippen MR) is 93.9 cm³/mol. The van der Waals surface area contributed by atoms with Gasteiger partial charge in [0.2, 0.25) is 0 Å². The van der Waals surface area contributed by atoms with Crippen LogP contribution in [0.2, 0.25) is 0 Å². The number of hydroxylamine groups is 2. The summed E-state index contributed by atoms with van der Waals surface area (Å²) in [6, 6.07) is 6.35. The van der Waals surface area contributed by atoms with Gasteiger partial charge in [-0.25, -0.2) is 4.79 Å². The molecule has 2 atom stereocenters. The van der Waals surface area contributed by atoms with E-state index in [1.54, 1.807) is 36.3 Å². The van der Waals surface area contributed by atoms with Gasteiger partial charge in [0.05, 0.1) is 42.5 Å². The second kappa shape index (κ2) is 7.53. The van der Waals surface area contributed by atoms with Crippen molar-refractivity contribution in [2.45, 2.75) is 19.1 Å². The quantitative estimate of drug-likeness (QED) is 0.692. The third-order valence-corrected chi connectivity index (χ3v) is 4.84. The van der Waals surface area contributed by atoms with E-state index in [-0.39, 0.29) is 11.1 Å². The highest BCUT2D eigenvalue weighted by Crippen LogP contribution is 2.36. The molecule has 4 rings (SSSR count). The Balaban J connectivity index is 1.47. The molecule has 2 aromatic rings. The maximum Gasteiger partial charge on any atom is 0.339 e. The van der Waals surface area contributed by atoms with Crippen LogP contribution in [0.3, 0.4) is 0 Å². The number of carbonyl (C=O) groups excluding carboxylic acids is 3. The van der Waals surface area contributed by atoms with Crippen molar-refractivity contribution in [2.24, 2.45) is 5.92 Å². The molecule has 2 aliphatic rings. The molecule has 1 fully saturated rings. The number of hydrogen-bond acceptors (Lipinski definition) is 7. The van der Waals surface area contributed by atoms with Gasteiger partial charge >= 0.3 is 5.97 Å². The second-order valence-electron chi connectivity index (χ2n) is 6.58. The molecular formula is C19H19N3O6. The van der Waals surface area contributed by atoms with Gasteiger partial charge in [0.1, 0.15) is 0 Å². The Labute approximate surface area is 160 Å². The van der Waals surface area contributed by atoms with Gasteiger partial charge in [-0.1, -0.05) is 17.2 Å². The van der Waals surface area contributed by atoms with E-state index in [0.29, 0.717) is 31.2 Å². The number of methoxy groups -OCH3 is 1. The Morgan fingerprint density at radius 2 is 1.96 bits per heavy atom. The number of fused-ring (bicyclic) bond motifs is 1. The number of imide groups is 1. The van der Waals surface area contributed by atoms with Crippen molar-refractivity contribution in [1.29, 1.82) is 0 Å². The van der Waals surface area contributed by atoms with Crippen molar-refractivity contribution in [3.63, 3.8) is 0 Å². The molecule has 9 heteroatoms. The second-order valence-corrected chi connectivity index (χ2v) is 6.58. The summed E-state index contributed by atoms with van der Waals surface area (Å²) in [5, 5.41) is 4.76. The molecule has 0 N–H and O–H groups in total. The molecule has 2 aliphatic heterocycles. The predicted octanol–water partition coefficient (Wildman–Crippen LogP) is 1.36. The van der Waals surface area contributed by atoms with Crippen molar-refractivity contribution in [2.75, 3.05) is 20.3 Å². The van der Waals surface area contributed by atoms with Crippen LogP contribution < -0.4 is 0 Å². The number of hydrogen-bond donors (Lipinski definition) is 0. The van der Waals surface area contributed by atoms with Crippen LogP contribution in [0, 0.1) is 5.92 Å². The average Bonchev–Trinajstić information content (AvgIpc) is 3.42. The molecule has 1 aromatic heterocycles. The van der Waals surface area contributed by atoms with E-state index in [1.807, 2.05) is 0 Å². The zero-order valence-electron chi connectivity index (χ0n) is 15.2. The summed E-state index contributed by atoms with van der Waals surface area (Å²) in [7, 11) is 1.61. The summed E-state index contributed by atoms with van der Waals surface area (Å²) < 4.78 is 12.4. The first-order chi connectivity index (χ1) is 13.6. The molecule has 146 valence electrons. The fourth-order valence-electron chi connectivity index (χ4n) is 3.40. The van der Waals surface area contributed by atoms with Crippen LogP contribution in [-0.2, 0) is 25.7 Å². The minimum absolute atomic E-state index is 0.221. The number of nitrogens with zero attached hydrogens (tertiary/aromatic N) is 3. The molecular weight excluding hydrogens is 366 g/mol. The van der Waals surface area contributed by atoms with Gasteiger partial charge in [-0.05, 0) is 18.6 Å². The topological polar surface area (TPSA) is 100.0 Å². The number of aromatic nitrogens is 2. The molecule has 0 aliphatic carbocycles. The lowest BCUT2D eigenvalue weighted by Gasteiger charge is -2.19. The number of rotatable bonds is 6. The van der Waals surface area contributed by atoms with Crippen LogP contribution >= 0.6 is 0 Å². The average molecular weight is 385 g/mol. The Bertz CT molecular complexity index is 889. The zero-order valence-corrected chi connectivity index (χ0v) is 15.2. The Morgan fingerprint density at radius 1 is 1.25 bits per heavy atom. The van der Waals surface area contributed by atoms with Crippen LogP contribution in [0.5, 0.6) is 0 Å². The van der Waals surface area contributed by atoms with Gasteiger partial charge in [0.25, 0.3) is 11.8 Å². The van der Waals surface area contributed by atoms with E-state index in [9.17, 15) is 14.4 Å². The third-order valence-electron chi connectivity index (χ3n) is 4.84. The largest absolute Gasteiger partial charge is 0.383 e. The molecule has 9 nitrogen and oxygen atoms in total. The van der Waals surface area contributed by atoms with E-state index >= 15 is 0 Å². The van der Waals surface area contributed by atoms with Crippen molar-refractivity contribution >= 4 is 17.8 Å². The van der Waals surface area contributed by atoms with Crippen molar-refractivity contribution < 1.29 is 28.7 Å². The first-order valence-electron chi connectivity index (χ1n) is 8.92. The van der Waals surface area contributed by atoms with Crippen LogP contribution in [0.4, 0.5) is 0 Å². The summed E-state index contributed by atoms with van der Waals surface area (Å²) in [4.78, 5) is 42.7. The lowest BCUT2D eigenvalue weighted by Crippen LogP contribution is -2.35. The highest BCUT2D eigenvalue weighted by molar-refractivity contribution is 6.20. The van der Waals surface area contributed by atoms with Crippen molar-refractivity contribution in [3.05, 3.63) is 53.3 Å². The summed E-state index contributed by atoms with van der Waals surface area (Å²) in [6.45, 7) is 1.46.